The Balaban J connectivity index is 2.02. The predicted octanol–water partition coefficient (Wildman–Crippen LogP) is 2.63. The molecule has 2 heterocycles. The predicted molar refractivity (Wildman–Crippen MR) is 81.7 cm³/mol. The number of benzene rings is 1. The van der Waals surface area contributed by atoms with Gasteiger partial charge in [-0.15, -0.1) is 0 Å². The van der Waals surface area contributed by atoms with Gasteiger partial charge in [0.1, 0.15) is 5.78 Å². The van der Waals surface area contributed by atoms with Gasteiger partial charge in [0.05, 0.1) is 11.3 Å². The first-order valence-electron chi connectivity index (χ1n) is 7.38. The van der Waals surface area contributed by atoms with Crippen molar-refractivity contribution >= 4 is 11.5 Å². The second-order valence-electron chi connectivity index (χ2n) is 5.56. The van der Waals surface area contributed by atoms with Gasteiger partial charge in [-0.3, -0.25) is 9.59 Å². The molecule has 1 aromatic carbocycles. The Bertz CT molecular complexity index is 800. The standard InChI is InChI=1S/C16H14F3N3O2/c17-16(18,19)12-9-10(13-2-4-15(24)21-20-13)1-3-14(12)22-7-5-11(23)6-8-22/h1-4,9H,5-8H2,(H,21,24). The Morgan fingerprint density at radius 3 is 2.33 bits per heavy atom. The van der Waals surface area contributed by atoms with Gasteiger partial charge in [-0.1, -0.05) is 6.07 Å². The molecule has 126 valence electrons. The van der Waals surface area contributed by atoms with E-state index in [1.807, 2.05) is 0 Å². The highest BCUT2D eigenvalue weighted by Gasteiger charge is 2.36. The number of Topliss-reactive ketones (excluding diaryl/α,β-unsaturated/α-hetero) is 1. The van der Waals surface area contributed by atoms with Gasteiger partial charge in [-0.2, -0.15) is 18.3 Å². The van der Waals surface area contributed by atoms with Crippen LogP contribution in [0.1, 0.15) is 18.4 Å². The first-order valence-corrected chi connectivity index (χ1v) is 7.38. The molecule has 1 aliphatic rings. The summed E-state index contributed by atoms with van der Waals surface area (Å²) in [6, 6.07) is 6.52. The lowest BCUT2D eigenvalue weighted by molar-refractivity contribution is -0.137. The van der Waals surface area contributed by atoms with Crippen LogP contribution in [0.2, 0.25) is 0 Å². The van der Waals surface area contributed by atoms with Gasteiger partial charge in [0.25, 0.3) is 5.56 Å². The van der Waals surface area contributed by atoms with E-state index in [0.717, 1.165) is 6.07 Å². The number of hydrogen-bond donors (Lipinski definition) is 1. The van der Waals surface area contributed by atoms with Crippen molar-refractivity contribution in [2.24, 2.45) is 0 Å². The lowest BCUT2D eigenvalue weighted by Crippen LogP contribution is -2.35. The molecule has 0 radical (unpaired) electrons. The molecule has 0 aliphatic carbocycles. The Morgan fingerprint density at radius 1 is 1.04 bits per heavy atom. The lowest BCUT2D eigenvalue weighted by Gasteiger charge is -2.30. The zero-order valence-electron chi connectivity index (χ0n) is 12.6. The average molecular weight is 337 g/mol. The minimum atomic E-state index is -4.53. The summed E-state index contributed by atoms with van der Waals surface area (Å²) in [6.07, 6.45) is -4.03. The van der Waals surface area contributed by atoms with Crippen LogP contribution in [0.15, 0.2) is 35.1 Å². The molecular formula is C16H14F3N3O2. The highest BCUT2D eigenvalue weighted by atomic mass is 19.4. The Hall–Kier alpha value is -2.64. The molecule has 0 unspecified atom stereocenters. The first kappa shape index (κ1) is 16.2. The van der Waals surface area contributed by atoms with Crippen LogP contribution in [0, 0.1) is 0 Å². The number of aromatic amines is 1. The van der Waals surface area contributed by atoms with Crippen molar-refractivity contribution in [2.75, 3.05) is 18.0 Å². The molecule has 8 heteroatoms. The maximum Gasteiger partial charge on any atom is 0.418 e. The molecule has 2 aromatic rings. The van der Waals surface area contributed by atoms with Crippen LogP contribution in [-0.4, -0.2) is 29.1 Å². The van der Waals surface area contributed by atoms with Crippen molar-refractivity contribution in [3.63, 3.8) is 0 Å². The summed E-state index contributed by atoms with van der Waals surface area (Å²) in [6.45, 7) is 0.552. The van der Waals surface area contributed by atoms with Gasteiger partial charge in [0.2, 0.25) is 0 Å². The van der Waals surface area contributed by atoms with Crippen LogP contribution >= 0.6 is 0 Å². The van der Waals surface area contributed by atoms with E-state index in [2.05, 4.69) is 10.2 Å². The number of hydrogen-bond acceptors (Lipinski definition) is 4. The van der Waals surface area contributed by atoms with Crippen LogP contribution in [0.25, 0.3) is 11.3 Å². The fourth-order valence-electron chi connectivity index (χ4n) is 2.70. The van der Waals surface area contributed by atoms with Crippen molar-refractivity contribution in [1.29, 1.82) is 0 Å². The van der Waals surface area contributed by atoms with E-state index in [9.17, 15) is 22.8 Å². The van der Waals surface area contributed by atoms with Crippen LogP contribution in [-0.2, 0) is 11.0 Å². The Morgan fingerprint density at radius 2 is 1.75 bits per heavy atom. The highest BCUT2D eigenvalue weighted by molar-refractivity contribution is 5.81. The molecule has 1 saturated heterocycles. The van der Waals surface area contributed by atoms with E-state index in [1.165, 1.54) is 24.3 Å². The van der Waals surface area contributed by atoms with Crippen molar-refractivity contribution in [2.45, 2.75) is 19.0 Å². The number of alkyl halides is 3. The van der Waals surface area contributed by atoms with E-state index in [-0.39, 0.29) is 48.7 Å². The SMILES string of the molecule is O=C1CCN(c2ccc(-c3ccc(=O)[nH]n3)cc2C(F)(F)F)CC1. The van der Waals surface area contributed by atoms with E-state index in [1.54, 1.807) is 4.90 Å². The van der Waals surface area contributed by atoms with Gasteiger partial charge in [0, 0.05) is 43.2 Å². The number of halogens is 3. The number of ketones is 1. The summed E-state index contributed by atoms with van der Waals surface area (Å²) < 4.78 is 40.4. The minimum absolute atomic E-state index is 0.0585. The number of carbonyl (C=O) groups excluding carboxylic acids is 1. The molecule has 0 bridgehead atoms. The topological polar surface area (TPSA) is 66.1 Å². The van der Waals surface area contributed by atoms with Crippen molar-refractivity contribution < 1.29 is 18.0 Å². The number of rotatable bonds is 2. The number of aromatic nitrogens is 2. The summed E-state index contributed by atoms with van der Waals surface area (Å²) in [4.78, 5) is 23.9. The molecule has 0 spiro atoms. The third kappa shape index (κ3) is 3.32. The summed E-state index contributed by atoms with van der Waals surface area (Å²) in [5, 5.41) is 5.97. The van der Waals surface area contributed by atoms with Crippen LogP contribution in [0.4, 0.5) is 18.9 Å². The zero-order chi connectivity index (χ0) is 17.3. The number of piperidine rings is 1. The monoisotopic (exact) mass is 337 g/mol. The maximum atomic E-state index is 13.5. The van der Waals surface area contributed by atoms with Gasteiger partial charge >= 0.3 is 6.18 Å². The summed E-state index contributed by atoms with van der Waals surface area (Å²) in [5.74, 6) is 0.0638. The molecule has 0 saturated carbocycles. The summed E-state index contributed by atoms with van der Waals surface area (Å²) in [5.41, 5.74) is -0.634. The quantitative estimate of drug-likeness (QED) is 0.915. The van der Waals surface area contributed by atoms with E-state index in [4.69, 9.17) is 0 Å². The lowest BCUT2D eigenvalue weighted by atomic mass is 10.0. The number of H-pyrrole nitrogens is 1. The van der Waals surface area contributed by atoms with Gasteiger partial charge in [-0.25, -0.2) is 5.10 Å². The minimum Gasteiger partial charge on any atom is -0.370 e. The molecule has 5 nitrogen and oxygen atoms in total. The van der Waals surface area contributed by atoms with Gasteiger partial charge in [-0.05, 0) is 18.2 Å². The maximum absolute atomic E-state index is 13.5. The van der Waals surface area contributed by atoms with E-state index >= 15 is 0 Å². The number of carbonyl (C=O) groups is 1. The normalized spacial score (nSPS) is 15.6. The second kappa shape index (κ2) is 6.10. The fourth-order valence-corrected chi connectivity index (χ4v) is 2.70. The number of nitrogens with zero attached hydrogens (tertiary/aromatic N) is 2. The number of anilines is 1. The molecular weight excluding hydrogens is 323 g/mol. The molecule has 0 atom stereocenters. The molecule has 1 N–H and O–H groups in total. The first-order chi connectivity index (χ1) is 11.3. The summed E-state index contributed by atoms with van der Waals surface area (Å²) in [7, 11) is 0. The molecule has 1 aliphatic heterocycles. The van der Waals surface area contributed by atoms with Crippen molar-refractivity contribution in [3.05, 3.63) is 46.2 Å². The van der Waals surface area contributed by atoms with Crippen LogP contribution in [0.3, 0.4) is 0 Å². The van der Waals surface area contributed by atoms with Crippen molar-refractivity contribution in [1.82, 2.24) is 10.2 Å². The Kier molecular flexibility index (Phi) is 4.13. The zero-order valence-corrected chi connectivity index (χ0v) is 12.6. The van der Waals surface area contributed by atoms with E-state index in [0.29, 0.717) is 0 Å². The average Bonchev–Trinajstić information content (AvgIpc) is 2.55. The van der Waals surface area contributed by atoms with Crippen molar-refractivity contribution in [3.8, 4) is 11.3 Å². The molecule has 0 amide bonds. The largest absolute Gasteiger partial charge is 0.418 e. The molecule has 1 aromatic heterocycles. The van der Waals surface area contributed by atoms with Gasteiger partial charge < -0.3 is 4.90 Å². The fraction of sp³-hybridized carbons (Fsp3) is 0.312. The molecule has 24 heavy (non-hydrogen) atoms. The number of nitrogens with one attached hydrogen (secondary N) is 1. The van der Waals surface area contributed by atoms with E-state index < -0.39 is 17.3 Å². The molecule has 1 fully saturated rings. The highest BCUT2D eigenvalue weighted by Crippen LogP contribution is 2.39. The van der Waals surface area contributed by atoms with Crippen LogP contribution in [0.5, 0.6) is 0 Å². The third-order valence-electron chi connectivity index (χ3n) is 3.94. The smallest absolute Gasteiger partial charge is 0.370 e. The second-order valence-corrected chi connectivity index (χ2v) is 5.56. The third-order valence-corrected chi connectivity index (χ3v) is 3.94. The molecule has 3 rings (SSSR count). The van der Waals surface area contributed by atoms with Crippen LogP contribution < -0.4 is 10.5 Å². The van der Waals surface area contributed by atoms with Gasteiger partial charge in [0.15, 0.2) is 0 Å². The summed E-state index contributed by atoms with van der Waals surface area (Å²) >= 11 is 0. The Labute approximate surface area is 135 Å².